The first kappa shape index (κ1) is 24.3. The molecule has 0 spiro atoms. The number of carbonyl (C=O) groups excluding carboxylic acids is 2. The fourth-order valence-corrected chi connectivity index (χ4v) is 4.89. The van der Waals surface area contributed by atoms with Crippen LogP contribution in [0.3, 0.4) is 0 Å². The molecule has 1 aliphatic rings. The third-order valence-electron chi connectivity index (χ3n) is 6.92. The molecule has 7 heteroatoms. The van der Waals surface area contributed by atoms with Crippen LogP contribution in [0.5, 0.6) is 5.75 Å². The molecule has 1 N–H and O–H groups in total. The normalized spacial score (nSPS) is 16.9. The van der Waals surface area contributed by atoms with Gasteiger partial charge in [0.25, 0.3) is 5.91 Å². The van der Waals surface area contributed by atoms with Crippen molar-refractivity contribution in [2.45, 2.75) is 39.4 Å². The van der Waals surface area contributed by atoms with Crippen LogP contribution in [0.2, 0.25) is 0 Å². The van der Waals surface area contributed by atoms with Gasteiger partial charge >= 0.3 is 0 Å². The minimum absolute atomic E-state index is 0.220. The van der Waals surface area contributed by atoms with Gasteiger partial charge in [0.1, 0.15) is 17.0 Å². The van der Waals surface area contributed by atoms with Crippen LogP contribution in [-0.4, -0.2) is 34.2 Å². The van der Waals surface area contributed by atoms with Crippen molar-refractivity contribution in [3.8, 4) is 17.0 Å². The SMILES string of the molecule is COc1ccc(-c2cc3n(n2)C[C@](C)(C(=O)NCc2ccccc2)N(c2ccc(C)cc2C)C3=O)cc1. The quantitative estimate of drug-likeness (QED) is 0.413. The van der Waals surface area contributed by atoms with Gasteiger partial charge in [-0.05, 0) is 68.3 Å². The van der Waals surface area contributed by atoms with E-state index < -0.39 is 5.54 Å². The first-order valence-electron chi connectivity index (χ1n) is 12.3. The molecule has 1 aliphatic heterocycles. The number of anilines is 1. The lowest BCUT2D eigenvalue weighted by atomic mass is 9.92. The molecule has 0 radical (unpaired) electrons. The number of rotatable bonds is 6. The molecule has 1 atom stereocenters. The minimum atomic E-state index is -1.19. The number of aryl methyl sites for hydroxylation is 2. The van der Waals surface area contributed by atoms with E-state index in [9.17, 15) is 9.59 Å². The topological polar surface area (TPSA) is 76.5 Å². The standard InChI is InChI=1S/C30H30N4O3/c1-20-10-15-26(21(2)16-20)34-28(35)27-17-25(23-11-13-24(37-4)14-12-23)32-33(27)19-30(34,3)29(36)31-18-22-8-6-5-7-9-22/h5-17H,18-19H2,1-4H3,(H,31,36)/t30-/m1/s1. The van der Waals surface area contributed by atoms with Gasteiger partial charge in [-0.3, -0.25) is 19.2 Å². The first-order valence-corrected chi connectivity index (χ1v) is 12.3. The van der Waals surface area contributed by atoms with Gasteiger partial charge in [0.05, 0.1) is 19.3 Å². The Morgan fingerprint density at radius 1 is 1.03 bits per heavy atom. The van der Waals surface area contributed by atoms with Gasteiger partial charge in [-0.25, -0.2) is 0 Å². The van der Waals surface area contributed by atoms with Gasteiger partial charge < -0.3 is 10.1 Å². The summed E-state index contributed by atoms with van der Waals surface area (Å²) in [5, 5.41) is 7.79. The summed E-state index contributed by atoms with van der Waals surface area (Å²) in [6.07, 6.45) is 0. The fourth-order valence-electron chi connectivity index (χ4n) is 4.89. The number of methoxy groups -OCH3 is 1. The molecule has 7 nitrogen and oxygen atoms in total. The van der Waals surface area contributed by atoms with Crippen LogP contribution in [0.15, 0.2) is 78.9 Å². The summed E-state index contributed by atoms with van der Waals surface area (Å²) in [4.78, 5) is 29.5. The first-order chi connectivity index (χ1) is 17.8. The number of ether oxygens (including phenoxy) is 1. The second kappa shape index (κ2) is 9.58. The average Bonchev–Trinajstić information content (AvgIpc) is 3.33. The van der Waals surface area contributed by atoms with Crippen LogP contribution in [0.25, 0.3) is 11.3 Å². The second-order valence-electron chi connectivity index (χ2n) is 9.67. The molecule has 0 bridgehead atoms. The second-order valence-corrected chi connectivity index (χ2v) is 9.67. The number of nitrogens with one attached hydrogen (secondary N) is 1. The van der Waals surface area contributed by atoms with E-state index in [4.69, 9.17) is 9.84 Å². The number of amides is 2. The van der Waals surface area contributed by atoms with Crippen molar-refractivity contribution < 1.29 is 14.3 Å². The van der Waals surface area contributed by atoms with Crippen molar-refractivity contribution in [1.82, 2.24) is 15.1 Å². The number of carbonyl (C=O) groups is 2. The molecule has 0 unspecified atom stereocenters. The van der Waals surface area contributed by atoms with Gasteiger partial charge in [0.2, 0.25) is 5.91 Å². The van der Waals surface area contributed by atoms with Crippen molar-refractivity contribution in [3.05, 3.63) is 101 Å². The van der Waals surface area contributed by atoms with E-state index in [1.165, 1.54) is 0 Å². The summed E-state index contributed by atoms with van der Waals surface area (Å²) in [6.45, 7) is 6.37. The zero-order valence-electron chi connectivity index (χ0n) is 21.5. The Kier molecular flexibility index (Phi) is 6.29. The maximum Gasteiger partial charge on any atom is 0.277 e. The summed E-state index contributed by atoms with van der Waals surface area (Å²) < 4.78 is 6.92. The van der Waals surface area contributed by atoms with Crippen molar-refractivity contribution in [2.24, 2.45) is 0 Å². The lowest BCUT2D eigenvalue weighted by Gasteiger charge is -2.43. The maximum absolute atomic E-state index is 14.1. The molecular formula is C30H30N4O3. The highest BCUT2D eigenvalue weighted by atomic mass is 16.5. The van der Waals surface area contributed by atoms with Crippen LogP contribution in [-0.2, 0) is 17.9 Å². The van der Waals surface area contributed by atoms with Crippen molar-refractivity contribution >= 4 is 17.5 Å². The van der Waals surface area contributed by atoms with E-state index in [-0.39, 0.29) is 18.4 Å². The molecule has 0 saturated carbocycles. The molecule has 2 amide bonds. The van der Waals surface area contributed by atoms with Gasteiger partial charge in [0, 0.05) is 17.8 Å². The van der Waals surface area contributed by atoms with E-state index in [1.54, 1.807) is 22.8 Å². The molecule has 0 aliphatic carbocycles. The van der Waals surface area contributed by atoms with Crippen LogP contribution in [0.1, 0.15) is 34.1 Å². The summed E-state index contributed by atoms with van der Waals surface area (Å²) in [5.41, 5.74) is 4.50. The highest BCUT2D eigenvalue weighted by Crippen LogP contribution is 2.36. The van der Waals surface area contributed by atoms with Crippen LogP contribution >= 0.6 is 0 Å². The Labute approximate surface area is 216 Å². The number of hydrogen-bond acceptors (Lipinski definition) is 4. The van der Waals surface area contributed by atoms with Crippen molar-refractivity contribution in [1.29, 1.82) is 0 Å². The number of benzene rings is 3. The van der Waals surface area contributed by atoms with Crippen LogP contribution in [0, 0.1) is 13.8 Å². The number of hydrogen-bond donors (Lipinski definition) is 1. The van der Waals surface area contributed by atoms with Crippen molar-refractivity contribution in [2.75, 3.05) is 12.0 Å². The summed E-state index contributed by atoms with van der Waals surface area (Å²) in [7, 11) is 1.62. The molecule has 4 aromatic rings. The van der Waals surface area contributed by atoms with E-state index in [1.807, 2.05) is 93.6 Å². The zero-order chi connectivity index (χ0) is 26.2. The van der Waals surface area contributed by atoms with E-state index in [2.05, 4.69) is 5.32 Å². The highest BCUT2D eigenvalue weighted by molar-refractivity contribution is 6.12. The highest BCUT2D eigenvalue weighted by Gasteiger charge is 2.49. The Hall–Kier alpha value is -4.39. The predicted molar refractivity (Wildman–Crippen MR) is 144 cm³/mol. The van der Waals surface area contributed by atoms with Gasteiger partial charge in [-0.1, -0.05) is 48.0 Å². The molecule has 3 aromatic carbocycles. The third kappa shape index (κ3) is 4.48. The van der Waals surface area contributed by atoms with E-state index in [0.29, 0.717) is 23.6 Å². The third-order valence-corrected chi connectivity index (χ3v) is 6.92. The molecule has 0 fully saturated rings. The number of nitrogens with zero attached hydrogens (tertiary/aromatic N) is 3. The number of aromatic nitrogens is 2. The lowest BCUT2D eigenvalue weighted by Crippen LogP contribution is -2.64. The molecular weight excluding hydrogens is 464 g/mol. The Balaban J connectivity index is 1.55. The maximum atomic E-state index is 14.1. The van der Waals surface area contributed by atoms with Gasteiger partial charge in [-0.15, -0.1) is 0 Å². The smallest absolute Gasteiger partial charge is 0.277 e. The molecule has 188 valence electrons. The Bertz CT molecular complexity index is 1460. The van der Waals surface area contributed by atoms with Gasteiger partial charge in [-0.2, -0.15) is 5.10 Å². The molecule has 2 heterocycles. The molecule has 0 saturated heterocycles. The van der Waals surface area contributed by atoms with Crippen LogP contribution < -0.4 is 15.0 Å². The monoisotopic (exact) mass is 494 g/mol. The molecule has 1 aromatic heterocycles. The number of fused-ring (bicyclic) bond motifs is 1. The Morgan fingerprint density at radius 3 is 2.43 bits per heavy atom. The van der Waals surface area contributed by atoms with Crippen LogP contribution in [0.4, 0.5) is 5.69 Å². The average molecular weight is 495 g/mol. The summed E-state index contributed by atoms with van der Waals surface area (Å²) in [5.74, 6) is 0.243. The predicted octanol–water partition coefficient (Wildman–Crippen LogP) is 4.91. The fraction of sp³-hybridized carbons (Fsp3) is 0.233. The molecule has 5 rings (SSSR count). The molecule has 37 heavy (non-hydrogen) atoms. The lowest BCUT2D eigenvalue weighted by molar-refractivity contribution is -0.126. The van der Waals surface area contributed by atoms with E-state index in [0.717, 1.165) is 28.0 Å². The van der Waals surface area contributed by atoms with E-state index >= 15 is 0 Å². The van der Waals surface area contributed by atoms with Crippen molar-refractivity contribution in [3.63, 3.8) is 0 Å². The summed E-state index contributed by atoms with van der Waals surface area (Å²) >= 11 is 0. The zero-order valence-corrected chi connectivity index (χ0v) is 21.5. The largest absolute Gasteiger partial charge is 0.497 e. The Morgan fingerprint density at radius 2 is 1.76 bits per heavy atom. The van der Waals surface area contributed by atoms with Gasteiger partial charge in [0.15, 0.2) is 0 Å². The summed E-state index contributed by atoms with van der Waals surface area (Å²) in [6, 6.07) is 25.0. The minimum Gasteiger partial charge on any atom is -0.497 e.